The van der Waals surface area contributed by atoms with Crippen molar-refractivity contribution in [3.63, 3.8) is 0 Å². The molecular weight excluding hydrogens is 724 g/mol. The van der Waals surface area contributed by atoms with Crippen LogP contribution in [0.25, 0.3) is 0 Å². The van der Waals surface area contributed by atoms with Gasteiger partial charge in [-0.3, -0.25) is 9.59 Å². The Balaban J connectivity index is 0.000000780. The highest BCUT2D eigenvalue weighted by Gasteiger charge is 2.39. The summed E-state index contributed by atoms with van der Waals surface area (Å²) in [7, 11) is 1.58. The third kappa shape index (κ3) is 16.4. The van der Waals surface area contributed by atoms with Gasteiger partial charge in [0, 0.05) is 37.5 Å². The van der Waals surface area contributed by atoms with E-state index in [0.29, 0.717) is 42.1 Å². The summed E-state index contributed by atoms with van der Waals surface area (Å²) >= 11 is 5.85. The number of alkyl halides is 6. The molecule has 14 nitrogen and oxygen atoms in total. The number of rotatable bonds is 12. The number of nitrogens with zero attached hydrogens (tertiary/aromatic N) is 2. The summed E-state index contributed by atoms with van der Waals surface area (Å²) in [6, 6.07) is 11.2. The number of hydrogen-bond donors (Lipinski definition) is 5. The largest absolute Gasteiger partial charge is 0.492 e. The molecule has 0 aliphatic carbocycles. The molecule has 0 unspecified atom stereocenters. The number of ether oxygens (including phenoxy) is 3. The molecule has 0 aliphatic heterocycles. The molecule has 0 bridgehead atoms. The van der Waals surface area contributed by atoms with Gasteiger partial charge < -0.3 is 40.8 Å². The van der Waals surface area contributed by atoms with Gasteiger partial charge in [-0.05, 0) is 36.4 Å². The summed E-state index contributed by atoms with van der Waals surface area (Å²) in [5, 5.41) is 20.1. The van der Waals surface area contributed by atoms with Crippen molar-refractivity contribution in [1.29, 1.82) is 0 Å². The minimum Gasteiger partial charge on any atom is -0.492 e. The molecular formula is C30H32ClF6N5O9. The molecule has 2 amide bonds. The zero-order valence-electron chi connectivity index (χ0n) is 26.9. The predicted molar refractivity (Wildman–Crippen MR) is 169 cm³/mol. The number of methoxy groups -OCH3 is 1. The van der Waals surface area contributed by atoms with Crippen LogP contribution in [0.4, 0.5) is 37.8 Å². The van der Waals surface area contributed by atoms with Crippen LogP contribution in [0.2, 0.25) is 5.02 Å². The number of pyridine rings is 2. The fourth-order valence-electron chi connectivity index (χ4n) is 2.98. The minimum atomic E-state index is -5.08. The van der Waals surface area contributed by atoms with Gasteiger partial charge in [0.15, 0.2) is 5.69 Å². The normalized spacial score (nSPS) is 11.1. The number of hydrogen-bond acceptors (Lipinski definition) is 10. The van der Waals surface area contributed by atoms with Crippen molar-refractivity contribution >= 4 is 46.9 Å². The number of carbonyl (C=O) groups is 4. The van der Waals surface area contributed by atoms with Gasteiger partial charge in [0.05, 0.1) is 29.5 Å². The SMILES string of the molecule is COCCOc1ccc(C(=O)Nc2cccnc2C(=O)Nc2ccc(Cl)cn2)c(OCC(C)(C)CN)c1.O=C(O)C(F)(F)F.O=C(O)C(F)(F)F. The summed E-state index contributed by atoms with van der Waals surface area (Å²) < 4.78 is 80.2. The molecule has 3 aromatic rings. The first-order chi connectivity index (χ1) is 23.6. The third-order valence-corrected chi connectivity index (χ3v) is 5.87. The second kappa shape index (κ2) is 19.8. The molecule has 6 N–H and O–H groups in total. The summed E-state index contributed by atoms with van der Waals surface area (Å²) in [4.78, 5) is 52.2. The molecule has 2 heterocycles. The first kappa shape index (κ1) is 43.8. The van der Waals surface area contributed by atoms with Crippen LogP contribution in [-0.4, -0.2) is 89.8 Å². The van der Waals surface area contributed by atoms with Crippen molar-refractivity contribution in [2.75, 3.05) is 44.1 Å². The van der Waals surface area contributed by atoms with E-state index in [1.54, 1.807) is 49.6 Å². The summed E-state index contributed by atoms with van der Waals surface area (Å²) in [5.74, 6) is -5.43. The van der Waals surface area contributed by atoms with E-state index in [-0.39, 0.29) is 29.0 Å². The van der Waals surface area contributed by atoms with Crippen LogP contribution >= 0.6 is 11.6 Å². The maximum atomic E-state index is 13.3. The van der Waals surface area contributed by atoms with Crippen LogP contribution in [0, 0.1) is 5.41 Å². The van der Waals surface area contributed by atoms with E-state index in [1.807, 2.05) is 13.8 Å². The standard InChI is InChI=1S/C26H30ClN5O5.2C2HF3O2/c1-26(2,15-28)16-37-21-13-18(36-12-11-35-3)7-8-19(21)24(33)31-20-5-4-10-29-23(20)25(34)32-22-9-6-17(27)14-30-22;2*3-2(4,5)1(6)7/h4-10,13-14H,11-12,15-16,28H2,1-3H3,(H,31,33)(H,30,32,34);2*(H,6,7). The van der Waals surface area contributed by atoms with Crippen LogP contribution in [0.1, 0.15) is 34.7 Å². The van der Waals surface area contributed by atoms with Crippen molar-refractivity contribution < 1.29 is 69.9 Å². The number of carbonyl (C=O) groups excluding carboxylic acids is 2. The fourth-order valence-corrected chi connectivity index (χ4v) is 3.09. The van der Waals surface area contributed by atoms with E-state index in [4.69, 9.17) is 51.3 Å². The maximum absolute atomic E-state index is 13.3. The van der Waals surface area contributed by atoms with Gasteiger partial charge in [-0.1, -0.05) is 25.4 Å². The van der Waals surface area contributed by atoms with Crippen LogP contribution in [0.15, 0.2) is 54.9 Å². The number of carboxylic acid groups (broad SMARTS) is 2. The second-order valence-corrected chi connectivity index (χ2v) is 10.9. The molecule has 1 aromatic carbocycles. The number of amides is 2. The van der Waals surface area contributed by atoms with E-state index in [9.17, 15) is 35.9 Å². The molecule has 280 valence electrons. The number of carboxylic acids is 2. The molecule has 0 radical (unpaired) electrons. The van der Waals surface area contributed by atoms with Crippen LogP contribution in [0.3, 0.4) is 0 Å². The molecule has 51 heavy (non-hydrogen) atoms. The number of aliphatic carboxylic acids is 2. The van der Waals surface area contributed by atoms with Crippen LogP contribution < -0.4 is 25.8 Å². The molecule has 21 heteroatoms. The van der Waals surface area contributed by atoms with Gasteiger partial charge in [-0.2, -0.15) is 26.3 Å². The van der Waals surface area contributed by atoms with Crippen molar-refractivity contribution in [2.24, 2.45) is 11.1 Å². The Bertz CT molecular complexity index is 1600. The minimum absolute atomic E-state index is 0.0128. The number of benzene rings is 1. The monoisotopic (exact) mass is 755 g/mol. The Morgan fingerprint density at radius 3 is 1.98 bits per heavy atom. The zero-order chi connectivity index (χ0) is 39.0. The lowest BCUT2D eigenvalue weighted by Gasteiger charge is -2.23. The number of halogens is 7. The first-order valence-corrected chi connectivity index (χ1v) is 14.4. The highest BCUT2D eigenvalue weighted by Crippen LogP contribution is 2.28. The Hall–Kier alpha value is -5.21. The fraction of sp³-hybridized carbons (Fsp3) is 0.333. The van der Waals surface area contributed by atoms with Gasteiger partial charge >= 0.3 is 24.3 Å². The molecule has 0 saturated carbocycles. The molecule has 2 aromatic heterocycles. The predicted octanol–water partition coefficient (Wildman–Crippen LogP) is 5.29. The smallest absolute Gasteiger partial charge is 0.490 e. The van der Waals surface area contributed by atoms with Crippen molar-refractivity contribution in [3.05, 3.63) is 71.1 Å². The number of aromatic nitrogens is 2. The highest BCUT2D eigenvalue weighted by atomic mass is 35.5. The lowest BCUT2D eigenvalue weighted by atomic mass is 9.95. The topological polar surface area (TPSA) is 212 Å². The van der Waals surface area contributed by atoms with Gasteiger partial charge in [0.1, 0.15) is 23.9 Å². The number of nitrogens with two attached hydrogens (primary N) is 1. The number of anilines is 2. The molecule has 0 saturated heterocycles. The van der Waals surface area contributed by atoms with E-state index >= 15 is 0 Å². The van der Waals surface area contributed by atoms with Crippen LogP contribution in [0.5, 0.6) is 11.5 Å². The average Bonchev–Trinajstić information content (AvgIpc) is 3.05. The molecule has 0 fully saturated rings. The van der Waals surface area contributed by atoms with Gasteiger partial charge in [-0.25, -0.2) is 19.6 Å². The van der Waals surface area contributed by atoms with E-state index < -0.39 is 36.1 Å². The average molecular weight is 756 g/mol. The Kier molecular flexibility index (Phi) is 17.0. The zero-order valence-corrected chi connectivity index (χ0v) is 27.7. The van der Waals surface area contributed by atoms with Crippen LogP contribution in [-0.2, 0) is 14.3 Å². The quantitative estimate of drug-likeness (QED) is 0.118. The Morgan fingerprint density at radius 1 is 0.863 bits per heavy atom. The van der Waals surface area contributed by atoms with E-state index in [2.05, 4.69) is 20.6 Å². The van der Waals surface area contributed by atoms with Gasteiger partial charge in [-0.15, -0.1) is 0 Å². The molecule has 0 spiro atoms. The second-order valence-electron chi connectivity index (χ2n) is 10.4. The molecule has 0 atom stereocenters. The number of nitrogens with one attached hydrogen (secondary N) is 2. The summed E-state index contributed by atoms with van der Waals surface area (Å²) in [6.45, 7) is 5.35. The maximum Gasteiger partial charge on any atom is 0.490 e. The van der Waals surface area contributed by atoms with Crippen molar-refractivity contribution in [1.82, 2.24) is 9.97 Å². The summed E-state index contributed by atoms with van der Waals surface area (Å²) in [6.07, 6.45) is -7.30. The summed E-state index contributed by atoms with van der Waals surface area (Å²) in [5.41, 5.74) is 6.00. The molecule has 0 aliphatic rings. The van der Waals surface area contributed by atoms with Crippen molar-refractivity contribution in [2.45, 2.75) is 26.2 Å². The molecule has 3 rings (SSSR count). The lowest BCUT2D eigenvalue weighted by Crippen LogP contribution is -2.30. The highest BCUT2D eigenvalue weighted by molar-refractivity contribution is 6.30. The Labute approximate surface area is 290 Å². The van der Waals surface area contributed by atoms with E-state index in [0.717, 1.165) is 0 Å². The van der Waals surface area contributed by atoms with E-state index in [1.165, 1.54) is 12.4 Å². The van der Waals surface area contributed by atoms with Gasteiger partial charge in [0.2, 0.25) is 0 Å². The van der Waals surface area contributed by atoms with Gasteiger partial charge in [0.25, 0.3) is 11.8 Å². The Morgan fingerprint density at radius 2 is 1.47 bits per heavy atom. The lowest BCUT2D eigenvalue weighted by molar-refractivity contribution is -0.193. The third-order valence-electron chi connectivity index (χ3n) is 5.65. The van der Waals surface area contributed by atoms with Crippen molar-refractivity contribution in [3.8, 4) is 11.5 Å². The first-order valence-electron chi connectivity index (χ1n) is 14.0.